The summed E-state index contributed by atoms with van der Waals surface area (Å²) in [4.78, 5) is 0. The minimum Gasteiger partial charge on any atom is -0.396 e. The van der Waals surface area contributed by atoms with Gasteiger partial charge in [-0.1, -0.05) is 61.0 Å². The van der Waals surface area contributed by atoms with Gasteiger partial charge < -0.3 is 5.11 Å². The highest BCUT2D eigenvalue weighted by Gasteiger charge is 2.13. The van der Waals surface area contributed by atoms with E-state index in [1.807, 2.05) is 0 Å². The fraction of sp³-hybridized carbons (Fsp3) is 0.364. The number of benzene rings is 2. The van der Waals surface area contributed by atoms with Crippen molar-refractivity contribution in [2.75, 3.05) is 6.61 Å². The number of aliphatic hydroxyl groups excluding tert-OH is 1. The van der Waals surface area contributed by atoms with Crippen LogP contribution in [0.1, 0.15) is 54.4 Å². The Morgan fingerprint density at radius 2 is 1.70 bits per heavy atom. The van der Waals surface area contributed by atoms with E-state index in [0.717, 1.165) is 25.7 Å². The standard InChI is InChI=1S/C22H26O/c23-16-6-2-5-11-19-12-7-14-21-17-20(13-8-15-22(19)21)18-9-3-1-4-10-18/h1,3-4,7,9-10,12,14,17,23H,2,5-6,8,11,13,15-16H2. The zero-order chi connectivity index (χ0) is 15.9. The molecule has 1 nitrogen and oxygen atoms in total. The molecule has 0 saturated carbocycles. The number of aryl methyl sites for hydroxylation is 1. The summed E-state index contributed by atoms with van der Waals surface area (Å²) in [5, 5.41) is 8.92. The summed E-state index contributed by atoms with van der Waals surface area (Å²) < 4.78 is 0. The van der Waals surface area contributed by atoms with Crippen LogP contribution in [-0.4, -0.2) is 11.7 Å². The van der Waals surface area contributed by atoms with E-state index in [1.165, 1.54) is 41.5 Å². The molecule has 0 radical (unpaired) electrons. The lowest BCUT2D eigenvalue weighted by atomic mass is 9.94. The van der Waals surface area contributed by atoms with E-state index in [1.54, 1.807) is 5.56 Å². The van der Waals surface area contributed by atoms with Crippen molar-refractivity contribution in [3.8, 4) is 0 Å². The molecule has 0 fully saturated rings. The molecule has 0 unspecified atom stereocenters. The van der Waals surface area contributed by atoms with Gasteiger partial charge >= 0.3 is 0 Å². The number of fused-ring (bicyclic) bond motifs is 1. The van der Waals surface area contributed by atoms with Crippen LogP contribution >= 0.6 is 0 Å². The number of unbranched alkanes of at least 4 members (excludes halogenated alkanes) is 2. The maximum atomic E-state index is 8.92. The second-order valence-corrected chi connectivity index (χ2v) is 6.41. The van der Waals surface area contributed by atoms with Gasteiger partial charge in [0.15, 0.2) is 0 Å². The highest BCUT2D eigenvalue weighted by atomic mass is 16.2. The molecule has 0 amide bonds. The Kier molecular flexibility index (Phi) is 5.65. The van der Waals surface area contributed by atoms with Gasteiger partial charge in [0.05, 0.1) is 0 Å². The largest absolute Gasteiger partial charge is 0.396 e. The average molecular weight is 306 g/mol. The van der Waals surface area contributed by atoms with Crippen molar-refractivity contribution in [2.24, 2.45) is 0 Å². The first-order valence-corrected chi connectivity index (χ1v) is 8.86. The molecule has 2 aromatic rings. The fourth-order valence-electron chi connectivity index (χ4n) is 3.53. The Morgan fingerprint density at radius 1 is 0.826 bits per heavy atom. The summed E-state index contributed by atoms with van der Waals surface area (Å²) in [6.45, 7) is 0.316. The minimum atomic E-state index is 0.316. The van der Waals surface area contributed by atoms with Gasteiger partial charge in [-0.25, -0.2) is 0 Å². The molecule has 23 heavy (non-hydrogen) atoms. The molecule has 1 aliphatic rings. The van der Waals surface area contributed by atoms with Gasteiger partial charge in [-0.3, -0.25) is 0 Å². The molecule has 1 N–H and O–H groups in total. The second-order valence-electron chi connectivity index (χ2n) is 6.41. The fourth-order valence-corrected chi connectivity index (χ4v) is 3.53. The van der Waals surface area contributed by atoms with Crippen LogP contribution in [0, 0.1) is 0 Å². The van der Waals surface area contributed by atoms with Crippen LogP contribution in [0.5, 0.6) is 0 Å². The summed E-state index contributed by atoms with van der Waals surface area (Å²) in [7, 11) is 0. The lowest BCUT2D eigenvalue weighted by molar-refractivity contribution is 0.283. The Balaban J connectivity index is 1.83. The summed E-state index contributed by atoms with van der Waals surface area (Å²) in [5.41, 5.74) is 7.27. The Labute approximate surface area is 139 Å². The highest BCUT2D eigenvalue weighted by Crippen LogP contribution is 2.31. The first-order valence-electron chi connectivity index (χ1n) is 8.86. The molecule has 0 heterocycles. The zero-order valence-corrected chi connectivity index (χ0v) is 13.8. The topological polar surface area (TPSA) is 20.2 Å². The molecule has 0 aromatic heterocycles. The smallest absolute Gasteiger partial charge is 0.0431 e. The number of rotatable bonds is 6. The van der Waals surface area contributed by atoms with Crippen LogP contribution in [0.2, 0.25) is 0 Å². The number of hydrogen-bond donors (Lipinski definition) is 1. The van der Waals surface area contributed by atoms with E-state index in [2.05, 4.69) is 54.6 Å². The van der Waals surface area contributed by atoms with Crippen molar-refractivity contribution in [1.82, 2.24) is 0 Å². The van der Waals surface area contributed by atoms with E-state index >= 15 is 0 Å². The average Bonchev–Trinajstić information content (AvgIpc) is 2.82. The molecule has 0 spiro atoms. The third-order valence-electron chi connectivity index (χ3n) is 4.76. The molecule has 0 aliphatic heterocycles. The summed E-state index contributed by atoms with van der Waals surface area (Å²) in [5.74, 6) is 0. The van der Waals surface area contributed by atoms with E-state index in [0.29, 0.717) is 6.61 Å². The third-order valence-corrected chi connectivity index (χ3v) is 4.76. The Hall–Kier alpha value is -1.86. The molecule has 2 aromatic carbocycles. The van der Waals surface area contributed by atoms with Crippen LogP contribution in [0.15, 0.2) is 48.5 Å². The minimum absolute atomic E-state index is 0.316. The van der Waals surface area contributed by atoms with Crippen molar-refractivity contribution in [1.29, 1.82) is 0 Å². The van der Waals surface area contributed by atoms with Gasteiger partial charge in [0.25, 0.3) is 0 Å². The first kappa shape index (κ1) is 16.0. The Morgan fingerprint density at radius 3 is 2.52 bits per heavy atom. The lowest BCUT2D eigenvalue weighted by Crippen LogP contribution is -1.97. The van der Waals surface area contributed by atoms with Crippen molar-refractivity contribution in [2.45, 2.75) is 44.9 Å². The molecule has 120 valence electrons. The maximum Gasteiger partial charge on any atom is 0.0431 e. The van der Waals surface area contributed by atoms with Crippen LogP contribution < -0.4 is 0 Å². The monoisotopic (exact) mass is 306 g/mol. The number of hydrogen-bond acceptors (Lipinski definition) is 1. The van der Waals surface area contributed by atoms with Gasteiger partial charge in [-0.2, -0.15) is 0 Å². The van der Waals surface area contributed by atoms with Gasteiger partial charge in [-0.15, -0.1) is 0 Å². The summed E-state index contributed by atoms with van der Waals surface area (Å²) >= 11 is 0. The third kappa shape index (κ3) is 4.11. The molecule has 1 heteroatoms. The molecule has 3 rings (SSSR count). The molecule has 0 atom stereocenters. The van der Waals surface area contributed by atoms with Crippen LogP contribution in [-0.2, 0) is 12.8 Å². The predicted octanol–water partition coefficient (Wildman–Crippen LogP) is 5.27. The van der Waals surface area contributed by atoms with Crippen LogP contribution in [0.25, 0.3) is 11.6 Å². The predicted molar refractivity (Wildman–Crippen MR) is 98.3 cm³/mol. The number of aliphatic hydroxyl groups is 1. The van der Waals surface area contributed by atoms with Crippen molar-refractivity contribution < 1.29 is 5.11 Å². The van der Waals surface area contributed by atoms with Crippen molar-refractivity contribution in [3.63, 3.8) is 0 Å². The molecule has 0 saturated heterocycles. The molecule has 1 aliphatic carbocycles. The van der Waals surface area contributed by atoms with Crippen LogP contribution in [0.4, 0.5) is 0 Å². The van der Waals surface area contributed by atoms with E-state index in [9.17, 15) is 0 Å². The lowest BCUT2D eigenvalue weighted by Gasteiger charge is -2.11. The van der Waals surface area contributed by atoms with Gasteiger partial charge in [-0.05, 0) is 66.4 Å². The van der Waals surface area contributed by atoms with Gasteiger partial charge in [0.1, 0.15) is 0 Å². The molecular weight excluding hydrogens is 280 g/mol. The SMILES string of the molecule is OCCCCCc1cccc2c1CCCC(c1ccccc1)=C2. The maximum absolute atomic E-state index is 8.92. The van der Waals surface area contributed by atoms with Crippen molar-refractivity contribution >= 4 is 11.6 Å². The van der Waals surface area contributed by atoms with E-state index < -0.39 is 0 Å². The van der Waals surface area contributed by atoms with E-state index in [4.69, 9.17) is 5.11 Å². The van der Waals surface area contributed by atoms with Crippen LogP contribution in [0.3, 0.4) is 0 Å². The van der Waals surface area contributed by atoms with E-state index in [-0.39, 0.29) is 0 Å². The summed E-state index contributed by atoms with van der Waals surface area (Å²) in [6.07, 6.45) is 10.3. The first-order chi connectivity index (χ1) is 11.4. The highest BCUT2D eigenvalue weighted by molar-refractivity contribution is 5.83. The normalized spacial score (nSPS) is 14.0. The van der Waals surface area contributed by atoms with Gasteiger partial charge in [0.2, 0.25) is 0 Å². The molecular formula is C22H26O. The molecule has 0 bridgehead atoms. The van der Waals surface area contributed by atoms with Gasteiger partial charge in [0, 0.05) is 6.61 Å². The summed E-state index contributed by atoms with van der Waals surface area (Å²) in [6, 6.07) is 17.5. The number of allylic oxidation sites excluding steroid dienone is 1. The van der Waals surface area contributed by atoms with Crippen molar-refractivity contribution in [3.05, 3.63) is 70.8 Å². The quantitative estimate of drug-likeness (QED) is 0.721. The second kappa shape index (κ2) is 8.12. The zero-order valence-electron chi connectivity index (χ0n) is 13.8. The Bertz CT molecular complexity index is 655.